The highest BCUT2D eigenvalue weighted by atomic mass is 16.5. The van der Waals surface area contributed by atoms with Gasteiger partial charge < -0.3 is 20.7 Å². The Hall–Kier alpha value is -1.99. The molecule has 4 atom stereocenters. The van der Waals surface area contributed by atoms with Gasteiger partial charge in [0, 0.05) is 0 Å². The molecule has 5 N–H and O–H groups in total. The Labute approximate surface area is 113 Å². The number of nitrogens with two attached hydrogens (primary N) is 1. The summed E-state index contributed by atoms with van der Waals surface area (Å²) >= 11 is 0. The van der Waals surface area contributed by atoms with E-state index in [2.05, 4.69) is 16.8 Å². The number of aliphatic hydroxyl groups excluding tert-OH is 2. The van der Waals surface area contributed by atoms with Crippen molar-refractivity contribution >= 4 is 0 Å². The predicted octanol–water partition coefficient (Wildman–Crippen LogP) is -3.10. The van der Waals surface area contributed by atoms with Gasteiger partial charge in [0.15, 0.2) is 11.8 Å². The Kier molecular flexibility index (Phi) is 3.74. The van der Waals surface area contributed by atoms with Crippen molar-refractivity contribution in [3.63, 3.8) is 0 Å². The van der Waals surface area contributed by atoms with Crippen molar-refractivity contribution in [2.45, 2.75) is 30.9 Å². The normalized spacial score (nSPS) is 32.7. The molecule has 108 valence electrons. The lowest BCUT2D eigenvalue weighted by Gasteiger charge is -2.27. The second-order valence-corrected chi connectivity index (χ2v) is 4.35. The minimum Gasteiger partial charge on any atom is -0.394 e. The van der Waals surface area contributed by atoms with E-state index in [1.165, 1.54) is 6.92 Å². The van der Waals surface area contributed by atoms with E-state index in [1.807, 2.05) is 4.98 Å². The molecule has 1 aromatic rings. The summed E-state index contributed by atoms with van der Waals surface area (Å²) in [6, 6.07) is 0. The molecule has 9 nitrogen and oxygen atoms in total. The maximum Gasteiger partial charge on any atom is 0.350 e. The zero-order chi connectivity index (χ0) is 14.9. The van der Waals surface area contributed by atoms with Gasteiger partial charge in [-0.05, 0) is 6.92 Å². The first-order valence-corrected chi connectivity index (χ1v) is 5.78. The van der Waals surface area contributed by atoms with Crippen molar-refractivity contribution in [3.05, 3.63) is 27.3 Å². The average Bonchev–Trinajstić information content (AvgIpc) is 2.63. The van der Waals surface area contributed by atoms with E-state index in [0.717, 1.165) is 10.9 Å². The van der Waals surface area contributed by atoms with Crippen molar-refractivity contribution in [2.24, 2.45) is 5.73 Å². The molecule has 0 aliphatic carbocycles. The van der Waals surface area contributed by atoms with E-state index in [4.69, 9.17) is 15.6 Å². The Morgan fingerprint density at radius 1 is 1.65 bits per heavy atom. The van der Waals surface area contributed by atoms with Crippen molar-refractivity contribution in [1.29, 1.82) is 0 Å². The number of H-pyrrole nitrogens is 1. The van der Waals surface area contributed by atoms with Crippen LogP contribution in [0.2, 0.25) is 0 Å². The Morgan fingerprint density at radius 3 is 2.90 bits per heavy atom. The van der Waals surface area contributed by atoms with E-state index in [1.54, 1.807) is 0 Å². The summed E-state index contributed by atoms with van der Waals surface area (Å²) in [5, 5.41) is 19.3. The Morgan fingerprint density at radius 2 is 2.35 bits per heavy atom. The molecule has 2 heterocycles. The summed E-state index contributed by atoms with van der Waals surface area (Å²) in [5.74, 6) is 5.14. The maximum absolute atomic E-state index is 11.8. The quantitative estimate of drug-likeness (QED) is 0.421. The molecular formula is C11H14N4O5. The van der Waals surface area contributed by atoms with Crippen LogP contribution in [0, 0.1) is 11.8 Å². The van der Waals surface area contributed by atoms with Crippen molar-refractivity contribution < 1.29 is 14.9 Å². The lowest BCUT2D eigenvalue weighted by molar-refractivity contribution is -0.0481. The number of aromatic nitrogens is 3. The molecule has 1 aromatic heterocycles. The summed E-state index contributed by atoms with van der Waals surface area (Å²) in [7, 11) is 0. The zero-order valence-electron chi connectivity index (χ0n) is 10.6. The number of hydrogen-bond acceptors (Lipinski definition) is 7. The van der Waals surface area contributed by atoms with Crippen molar-refractivity contribution in [3.8, 4) is 11.8 Å². The van der Waals surface area contributed by atoms with Gasteiger partial charge in [0.1, 0.15) is 18.5 Å². The largest absolute Gasteiger partial charge is 0.394 e. The molecule has 0 saturated carbocycles. The first kappa shape index (κ1) is 14.4. The van der Waals surface area contributed by atoms with Crippen LogP contribution in [0.15, 0.2) is 15.9 Å². The SMILES string of the molecule is CC#CC1(N)[C@@H](O)[C@@H](CO)O[C@H]1n1cnc(=O)[nH]c1=O. The van der Waals surface area contributed by atoms with Crippen LogP contribution < -0.4 is 17.1 Å². The summed E-state index contributed by atoms with van der Waals surface area (Å²) in [6.07, 6.45) is -2.52. The molecule has 1 aliphatic rings. The molecule has 1 aliphatic heterocycles. The molecule has 0 aromatic carbocycles. The van der Waals surface area contributed by atoms with Gasteiger partial charge in [-0.3, -0.25) is 9.55 Å². The molecule has 0 bridgehead atoms. The number of aliphatic hydroxyl groups is 2. The monoisotopic (exact) mass is 282 g/mol. The molecular weight excluding hydrogens is 268 g/mol. The van der Waals surface area contributed by atoms with Gasteiger partial charge in [0.25, 0.3) is 0 Å². The summed E-state index contributed by atoms with van der Waals surface area (Å²) in [4.78, 5) is 28.1. The highest BCUT2D eigenvalue weighted by Gasteiger charge is 2.54. The van der Waals surface area contributed by atoms with Crippen molar-refractivity contribution in [1.82, 2.24) is 14.5 Å². The topological polar surface area (TPSA) is 143 Å². The van der Waals surface area contributed by atoms with Crippen LogP contribution in [0.3, 0.4) is 0 Å². The van der Waals surface area contributed by atoms with E-state index in [-0.39, 0.29) is 0 Å². The van der Waals surface area contributed by atoms with Crippen LogP contribution in [0.5, 0.6) is 0 Å². The number of nitrogens with zero attached hydrogens (tertiary/aromatic N) is 2. The molecule has 1 saturated heterocycles. The fourth-order valence-electron chi connectivity index (χ4n) is 2.12. The molecule has 20 heavy (non-hydrogen) atoms. The summed E-state index contributed by atoms with van der Waals surface area (Å²) < 4.78 is 6.29. The minimum atomic E-state index is -1.61. The van der Waals surface area contributed by atoms with Gasteiger partial charge >= 0.3 is 11.4 Å². The number of aromatic amines is 1. The van der Waals surface area contributed by atoms with Gasteiger partial charge in [0.05, 0.1) is 6.61 Å². The maximum atomic E-state index is 11.8. The second-order valence-electron chi connectivity index (χ2n) is 4.35. The average molecular weight is 282 g/mol. The molecule has 2 rings (SSSR count). The van der Waals surface area contributed by atoms with Crippen LogP contribution in [0.1, 0.15) is 13.2 Å². The Bertz CT molecular complexity index is 672. The van der Waals surface area contributed by atoms with Crippen LogP contribution in [0.4, 0.5) is 0 Å². The third kappa shape index (κ3) is 2.14. The van der Waals surface area contributed by atoms with Crippen LogP contribution in [-0.4, -0.2) is 49.1 Å². The third-order valence-corrected chi connectivity index (χ3v) is 3.08. The van der Waals surface area contributed by atoms with Crippen LogP contribution >= 0.6 is 0 Å². The van der Waals surface area contributed by atoms with Gasteiger partial charge in [-0.25, -0.2) is 9.59 Å². The standard InChI is InChI=1S/C11H14N4O5/c1-2-3-11(12)7(17)6(4-16)20-8(11)15-5-13-9(18)14-10(15)19/h5-8,16-17H,4,12H2,1H3,(H,14,18,19)/t6-,7+,8-,11?/m1/s1. The molecule has 1 fully saturated rings. The van der Waals surface area contributed by atoms with Gasteiger partial charge in [-0.1, -0.05) is 5.92 Å². The van der Waals surface area contributed by atoms with Crippen LogP contribution in [-0.2, 0) is 4.74 Å². The van der Waals surface area contributed by atoms with Gasteiger partial charge in [-0.2, -0.15) is 4.98 Å². The molecule has 0 spiro atoms. The minimum absolute atomic E-state index is 0.493. The Balaban J connectivity index is 2.55. The molecule has 0 amide bonds. The van der Waals surface area contributed by atoms with Crippen LogP contribution in [0.25, 0.3) is 0 Å². The van der Waals surface area contributed by atoms with E-state index < -0.39 is 42.0 Å². The molecule has 1 unspecified atom stereocenters. The van der Waals surface area contributed by atoms with E-state index in [9.17, 15) is 14.7 Å². The first-order chi connectivity index (χ1) is 9.43. The third-order valence-electron chi connectivity index (χ3n) is 3.08. The lowest BCUT2D eigenvalue weighted by Crippen LogP contribution is -2.55. The molecule has 9 heteroatoms. The van der Waals surface area contributed by atoms with Gasteiger partial charge in [-0.15, -0.1) is 5.92 Å². The smallest absolute Gasteiger partial charge is 0.350 e. The fraction of sp³-hybridized carbons (Fsp3) is 0.545. The predicted molar refractivity (Wildman–Crippen MR) is 66.5 cm³/mol. The fourth-order valence-corrected chi connectivity index (χ4v) is 2.12. The highest BCUT2D eigenvalue weighted by molar-refractivity contribution is 5.24. The number of nitrogens with one attached hydrogen (secondary N) is 1. The van der Waals surface area contributed by atoms with Crippen molar-refractivity contribution in [2.75, 3.05) is 6.61 Å². The van der Waals surface area contributed by atoms with E-state index in [0.29, 0.717) is 0 Å². The number of ether oxygens (including phenoxy) is 1. The van der Waals surface area contributed by atoms with E-state index >= 15 is 0 Å². The number of rotatable bonds is 2. The highest BCUT2D eigenvalue weighted by Crippen LogP contribution is 2.35. The van der Waals surface area contributed by atoms with Gasteiger partial charge in [0.2, 0.25) is 0 Å². The summed E-state index contributed by atoms with van der Waals surface area (Å²) in [6.45, 7) is 1.02. The summed E-state index contributed by atoms with van der Waals surface area (Å²) in [5.41, 5.74) is 2.81. The first-order valence-electron chi connectivity index (χ1n) is 5.78. The lowest BCUT2D eigenvalue weighted by atomic mass is 9.91. The number of hydrogen-bond donors (Lipinski definition) is 4. The zero-order valence-corrected chi connectivity index (χ0v) is 10.6. The molecule has 0 radical (unpaired) electrons. The second kappa shape index (κ2) is 5.18.